The number of anilines is 1. The van der Waals surface area contributed by atoms with Crippen molar-refractivity contribution >= 4 is 34.1 Å². The molecule has 0 bridgehead atoms. The van der Waals surface area contributed by atoms with Crippen LogP contribution in [0.25, 0.3) is 10.9 Å². The number of halogens is 1. The Morgan fingerprint density at radius 2 is 1.63 bits per heavy atom. The first-order chi connectivity index (χ1) is 13.9. The number of carbonyl (C=O) groups is 1. The molecular formula is C21H21ClN2O6. The van der Waals surface area contributed by atoms with Crippen LogP contribution in [0.2, 0.25) is 5.02 Å². The van der Waals surface area contributed by atoms with Gasteiger partial charge in [0, 0.05) is 12.7 Å². The number of aromatic hydroxyl groups is 1. The maximum absolute atomic E-state index is 13.5. The quantitative estimate of drug-likeness (QED) is 0.467. The third-order valence-corrected chi connectivity index (χ3v) is 5.42. The fourth-order valence-electron chi connectivity index (χ4n) is 3.19. The van der Waals surface area contributed by atoms with E-state index in [1.165, 1.54) is 25.2 Å². The Morgan fingerprint density at radius 3 is 2.20 bits per heavy atom. The summed E-state index contributed by atoms with van der Waals surface area (Å²) in [5, 5.41) is 42.2. The average Bonchev–Trinajstić information content (AvgIpc) is 2.66. The molecule has 1 unspecified atom stereocenters. The third kappa shape index (κ3) is 3.33. The standard InChI is InChI=1S/C21H21ClN2O6/c1-20(28,21(2,29)30)24(12-8-5-4-6-9-12)19(27)16-17(25)15-13(22)10-7-11-14(15)23(3)18(16)26/h4-11,25,28-30H,1-3H3. The molecule has 0 fully saturated rings. The number of benzene rings is 2. The van der Waals surface area contributed by atoms with Gasteiger partial charge < -0.3 is 25.0 Å². The van der Waals surface area contributed by atoms with Crippen LogP contribution in [0.5, 0.6) is 5.75 Å². The van der Waals surface area contributed by atoms with Crippen LogP contribution in [0.3, 0.4) is 0 Å². The van der Waals surface area contributed by atoms with Crippen LogP contribution in [0.4, 0.5) is 5.69 Å². The van der Waals surface area contributed by atoms with E-state index in [1.54, 1.807) is 30.3 Å². The van der Waals surface area contributed by atoms with Gasteiger partial charge in [0.25, 0.3) is 11.5 Å². The molecule has 9 heteroatoms. The highest BCUT2D eigenvalue weighted by atomic mass is 35.5. The van der Waals surface area contributed by atoms with Crippen molar-refractivity contribution in [1.82, 2.24) is 4.57 Å². The lowest BCUT2D eigenvalue weighted by Gasteiger charge is -2.43. The molecule has 158 valence electrons. The van der Waals surface area contributed by atoms with E-state index in [0.717, 1.165) is 18.4 Å². The second-order valence-corrected chi connectivity index (χ2v) is 7.65. The topological polar surface area (TPSA) is 123 Å². The first-order valence-corrected chi connectivity index (χ1v) is 9.34. The minimum Gasteiger partial charge on any atom is -0.506 e. The number of aromatic nitrogens is 1. The Bertz CT molecular complexity index is 1180. The Morgan fingerprint density at radius 1 is 1.03 bits per heavy atom. The molecule has 4 N–H and O–H groups in total. The first kappa shape index (κ1) is 21.8. The van der Waals surface area contributed by atoms with Crippen LogP contribution in [-0.2, 0) is 7.05 Å². The van der Waals surface area contributed by atoms with Crippen molar-refractivity contribution in [3.05, 3.63) is 69.5 Å². The SMILES string of the molecule is Cn1c(=O)c(C(=O)N(c2ccccc2)C(C)(O)C(C)(O)O)c(O)c2c(Cl)cccc21. The van der Waals surface area contributed by atoms with Gasteiger partial charge in [0.2, 0.25) is 5.79 Å². The number of pyridine rings is 1. The smallest absolute Gasteiger partial charge is 0.270 e. The number of hydrogen-bond acceptors (Lipinski definition) is 6. The van der Waals surface area contributed by atoms with E-state index in [2.05, 4.69) is 0 Å². The molecule has 0 aliphatic carbocycles. The van der Waals surface area contributed by atoms with Crippen molar-refractivity contribution in [3.8, 4) is 5.75 Å². The summed E-state index contributed by atoms with van der Waals surface area (Å²) >= 11 is 6.19. The molecular weight excluding hydrogens is 412 g/mol. The van der Waals surface area contributed by atoms with Crippen molar-refractivity contribution < 1.29 is 25.2 Å². The monoisotopic (exact) mass is 432 g/mol. The molecule has 1 amide bonds. The van der Waals surface area contributed by atoms with E-state index < -0.39 is 34.3 Å². The second-order valence-electron chi connectivity index (χ2n) is 7.24. The maximum Gasteiger partial charge on any atom is 0.270 e. The van der Waals surface area contributed by atoms with E-state index >= 15 is 0 Å². The second kappa shape index (κ2) is 7.41. The molecule has 0 aliphatic rings. The number of aryl methyl sites for hydroxylation is 1. The van der Waals surface area contributed by atoms with E-state index in [0.29, 0.717) is 10.4 Å². The molecule has 0 saturated heterocycles. The van der Waals surface area contributed by atoms with Crippen LogP contribution in [0, 0.1) is 0 Å². The minimum absolute atomic E-state index is 0.0718. The number of carbonyl (C=O) groups excluding carboxylic acids is 1. The third-order valence-electron chi connectivity index (χ3n) is 5.11. The Hall–Kier alpha value is -2.91. The molecule has 1 atom stereocenters. The predicted molar refractivity (Wildman–Crippen MR) is 113 cm³/mol. The Labute approximate surface area is 176 Å². The number of rotatable bonds is 4. The molecule has 1 heterocycles. The Balaban J connectivity index is 2.36. The lowest BCUT2D eigenvalue weighted by Crippen LogP contribution is -2.64. The maximum atomic E-state index is 13.5. The zero-order valence-electron chi connectivity index (χ0n) is 16.5. The van der Waals surface area contributed by atoms with E-state index in [4.69, 9.17) is 11.6 Å². The van der Waals surface area contributed by atoms with Gasteiger partial charge in [-0.1, -0.05) is 35.9 Å². The van der Waals surface area contributed by atoms with E-state index in [-0.39, 0.29) is 16.1 Å². The van der Waals surface area contributed by atoms with Gasteiger partial charge >= 0.3 is 0 Å². The number of aliphatic hydroxyl groups is 3. The van der Waals surface area contributed by atoms with Crippen LogP contribution in [0.15, 0.2) is 53.3 Å². The summed E-state index contributed by atoms with van der Waals surface area (Å²) in [5.74, 6) is -4.58. The minimum atomic E-state index is -2.77. The Kier molecular flexibility index (Phi) is 5.38. The van der Waals surface area contributed by atoms with Gasteiger partial charge in [-0.3, -0.25) is 14.5 Å². The molecule has 1 aromatic heterocycles. The molecule has 3 rings (SSSR count). The highest BCUT2D eigenvalue weighted by molar-refractivity contribution is 6.36. The number of hydrogen-bond donors (Lipinski definition) is 4. The van der Waals surface area contributed by atoms with Gasteiger partial charge in [0.1, 0.15) is 11.3 Å². The van der Waals surface area contributed by atoms with Crippen molar-refractivity contribution in [2.45, 2.75) is 25.4 Å². The van der Waals surface area contributed by atoms with Gasteiger partial charge in [0.15, 0.2) is 5.72 Å². The lowest BCUT2D eigenvalue weighted by atomic mass is 10.0. The number of amides is 1. The molecule has 0 aliphatic heterocycles. The van der Waals surface area contributed by atoms with Crippen molar-refractivity contribution in [2.24, 2.45) is 7.05 Å². The number of fused-ring (bicyclic) bond motifs is 1. The molecule has 0 saturated carbocycles. The fourth-order valence-corrected chi connectivity index (χ4v) is 3.45. The average molecular weight is 433 g/mol. The summed E-state index contributed by atoms with van der Waals surface area (Å²) in [6, 6.07) is 12.3. The highest BCUT2D eigenvalue weighted by Gasteiger charge is 2.49. The van der Waals surface area contributed by atoms with Gasteiger partial charge in [0.05, 0.1) is 15.9 Å². The first-order valence-electron chi connectivity index (χ1n) is 8.96. The van der Waals surface area contributed by atoms with Crippen molar-refractivity contribution in [1.29, 1.82) is 0 Å². The van der Waals surface area contributed by atoms with Crippen LogP contribution in [-0.4, -0.2) is 42.4 Å². The van der Waals surface area contributed by atoms with Crippen molar-refractivity contribution in [3.63, 3.8) is 0 Å². The summed E-state index contributed by atoms with van der Waals surface area (Å²) in [4.78, 5) is 27.1. The largest absolute Gasteiger partial charge is 0.506 e. The van der Waals surface area contributed by atoms with E-state index in [1.807, 2.05) is 0 Å². The van der Waals surface area contributed by atoms with Gasteiger partial charge in [-0.25, -0.2) is 0 Å². The molecule has 8 nitrogen and oxygen atoms in total. The van der Waals surface area contributed by atoms with E-state index in [9.17, 15) is 30.0 Å². The van der Waals surface area contributed by atoms with Gasteiger partial charge in [-0.05, 0) is 38.1 Å². The van der Waals surface area contributed by atoms with Crippen molar-refractivity contribution in [2.75, 3.05) is 4.90 Å². The molecule has 3 aromatic rings. The highest BCUT2D eigenvalue weighted by Crippen LogP contribution is 2.36. The summed E-state index contributed by atoms with van der Waals surface area (Å²) in [5.41, 5.74) is -3.72. The molecule has 0 radical (unpaired) electrons. The number of para-hydroxylation sites is 1. The lowest BCUT2D eigenvalue weighted by molar-refractivity contribution is -0.253. The van der Waals surface area contributed by atoms with Crippen LogP contribution >= 0.6 is 11.6 Å². The summed E-state index contributed by atoms with van der Waals surface area (Å²) in [6.45, 7) is 1.90. The van der Waals surface area contributed by atoms with Crippen LogP contribution < -0.4 is 10.5 Å². The van der Waals surface area contributed by atoms with Gasteiger partial charge in [-0.15, -0.1) is 0 Å². The molecule has 2 aromatic carbocycles. The summed E-state index contributed by atoms with van der Waals surface area (Å²) < 4.78 is 1.14. The zero-order chi connectivity index (χ0) is 22.4. The number of nitrogens with zero attached hydrogens (tertiary/aromatic N) is 2. The predicted octanol–water partition coefficient (Wildman–Crippen LogP) is 1.95. The summed E-state index contributed by atoms with van der Waals surface area (Å²) in [7, 11) is 1.41. The van der Waals surface area contributed by atoms with Gasteiger partial charge in [-0.2, -0.15) is 0 Å². The zero-order valence-corrected chi connectivity index (χ0v) is 17.3. The normalized spacial score (nSPS) is 13.8. The fraction of sp³-hybridized carbons (Fsp3) is 0.238. The van der Waals surface area contributed by atoms with Crippen LogP contribution in [0.1, 0.15) is 24.2 Å². The molecule has 0 spiro atoms. The molecule has 30 heavy (non-hydrogen) atoms. The summed E-state index contributed by atoms with van der Waals surface area (Å²) in [6.07, 6.45) is 0.